The van der Waals surface area contributed by atoms with Gasteiger partial charge in [0.15, 0.2) is 0 Å². The SMILES string of the molecule is CCCC(CCC)CCOC(=O)CCC(=O)OC(C)C(C)C. The highest BCUT2D eigenvalue weighted by Crippen LogP contribution is 2.17. The van der Waals surface area contributed by atoms with Crippen molar-refractivity contribution in [3.05, 3.63) is 0 Å². The third kappa shape index (κ3) is 10.6. The van der Waals surface area contributed by atoms with E-state index in [1.165, 1.54) is 25.7 Å². The molecular weight excluding hydrogens is 280 g/mol. The van der Waals surface area contributed by atoms with Crippen LogP contribution in [0, 0.1) is 11.8 Å². The molecule has 1 unspecified atom stereocenters. The summed E-state index contributed by atoms with van der Waals surface area (Å²) >= 11 is 0. The van der Waals surface area contributed by atoms with E-state index in [1.54, 1.807) is 0 Å². The van der Waals surface area contributed by atoms with Crippen LogP contribution in [0.1, 0.15) is 79.6 Å². The van der Waals surface area contributed by atoms with Crippen molar-refractivity contribution in [3.8, 4) is 0 Å². The van der Waals surface area contributed by atoms with Gasteiger partial charge in [0.1, 0.15) is 6.10 Å². The van der Waals surface area contributed by atoms with Crippen LogP contribution in [0.4, 0.5) is 0 Å². The number of carbonyl (C=O) groups excluding carboxylic acids is 2. The number of hydrogen-bond acceptors (Lipinski definition) is 4. The quantitative estimate of drug-likeness (QED) is 0.498. The van der Waals surface area contributed by atoms with Gasteiger partial charge in [-0.1, -0.05) is 53.4 Å². The lowest BCUT2D eigenvalue weighted by molar-refractivity contribution is -0.154. The highest BCUT2D eigenvalue weighted by Gasteiger charge is 2.15. The van der Waals surface area contributed by atoms with E-state index in [0.29, 0.717) is 12.5 Å². The predicted octanol–water partition coefficient (Wildman–Crippen LogP) is 4.50. The first-order valence-electron chi connectivity index (χ1n) is 8.75. The van der Waals surface area contributed by atoms with Crippen molar-refractivity contribution >= 4 is 11.9 Å². The Kier molecular flexibility index (Phi) is 11.9. The van der Waals surface area contributed by atoms with Gasteiger partial charge in [0.05, 0.1) is 19.4 Å². The molecule has 0 spiro atoms. The maximum absolute atomic E-state index is 11.6. The first-order valence-corrected chi connectivity index (χ1v) is 8.75. The normalized spacial score (nSPS) is 12.5. The van der Waals surface area contributed by atoms with E-state index in [4.69, 9.17) is 9.47 Å². The van der Waals surface area contributed by atoms with Crippen LogP contribution >= 0.6 is 0 Å². The average molecular weight is 314 g/mol. The van der Waals surface area contributed by atoms with Gasteiger partial charge in [-0.05, 0) is 25.2 Å². The number of hydrogen-bond donors (Lipinski definition) is 0. The molecule has 0 amide bonds. The van der Waals surface area contributed by atoms with Gasteiger partial charge in [0, 0.05) is 0 Å². The van der Waals surface area contributed by atoms with Crippen LogP contribution in [0.25, 0.3) is 0 Å². The minimum absolute atomic E-state index is 0.100. The second-order valence-electron chi connectivity index (χ2n) is 6.39. The number of carbonyl (C=O) groups is 2. The molecule has 0 aromatic heterocycles. The summed E-state index contributed by atoms with van der Waals surface area (Å²) in [6.45, 7) is 10.7. The zero-order chi connectivity index (χ0) is 17.0. The molecule has 0 saturated heterocycles. The van der Waals surface area contributed by atoms with E-state index in [9.17, 15) is 9.59 Å². The first kappa shape index (κ1) is 20.9. The molecule has 0 radical (unpaired) electrons. The van der Waals surface area contributed by atoms with E-state index in [2.05, 4.69) is 13.8 Å². The van der Waals surface area contributed by atoms with Crippen LogP contribution in [-0.4, -0.2) is 24.6 Å². The van der Waals surface area contributed by atoms with Gasteiger partial charge in [-0.3, -0.25) is 9.59 Å². The predicted molar refractivity (Wildman–Crippen MR) is 88.5 cm³/mol. The molecule has 1 atom stereocenters. The standard InChI is InChI=1S/C18H34O4/c1-6-8-16(9-7-2)12-13-21-17(19)10-11-18(20)22-15(5)14(3)4/h14-16H,6-13H2,1-5H3. The molecule has 0 heterocycles. The minimum Gasteiger partial charge on any atom is -0.466 e. The Labute approximate surface area is 135 Å². The second-order valence-corrected chi connectivity index (χ2v) is 6.39. The second kappa shape index (κ2) is 12.5. The van der Waals surface area contributed by atoms with Crippen LogP contribution in [-0.2, 0) is 19.1 Å². The number of esters is 2. The highest BCUT2D eigenvalue weighted by molar-refractivity contribution is 5.77. The summed E-state index contributed by atoms with van der Waals surface area (Å²) in [5, 5.41) is 0. The van der Waals surface area contributed by atoms with E-state index < -0.39 is 0 Å². The molecule has 4 heteroatoms. The largest absolute Gasteiger partial charge is 0.466 e. The Hall–Kier alpha value is -1.06. The van der Waals surface area contributed by atoms with Crippen molar-refractivity contribution in [2.75, 3.05) is 6.61 Å². The average Bonchev–Trinajstić information content (AvgIpc) is 2.45. The van der Waals surface area contributed by atoms with E-state index >= 15 is 0 Å². The van der Waals surface area contributed by atoms with E-state index in [-0.39, 0.29) is 36.8 Å². The Morgan fingerprint density at radius 2 is 1.41 bits per heavy atom. The number of ether oxygens (including phenoxy) is 2. The molecule has 0 rings (SSSR count). The maximum Gasteiger partial charge on any atom is 0.306 e. The Morgan fingerprint density at radius 3 is 1.91 bits per heavy atom. The molecule has 0 saturated carbocycles. The smallest absolute Gasteiger partial charge is 0.306 e. The molecule has 130 valence electrons. The van der Waals surface area contributed by atoms with Gasteiger partial charge < -0.3 is 9.47 Å². The highest BCUT2D eigenvalue weighted by atomic mass is 16.5. The molecule has 0 aliphatic heterocycles. The first-order chi connectivity index (χ1) is 10.4. The van der Waals surface area contributed by atoms with Gasteiger partial charge in [-0.25, -0.2) is 0 Å². The fourth-order valence-electron chi connectivity index (χ4n) is 2.27. The summed E-state index contributed by atoms with van der Waals surface area (Å²) in [5.41, 5.74) is 0. The van der Waals surface area contributed by atoms with Gasteiger partial charge >= 0.3 is 11.9 Å². The van der Waals surface area contributed by atoms with Crippen LogP contribution in [0.3, 0.4) is 0 Å². The third-order valence-electron chi connectivity index (χ3n) is 3.97. The lowest BCUT2D eigenvalue weighted by Gasteiger charge is -2.16. The molecule has 0 bridgehead atoms. The summed E-state index contributed by atoms with van der Waals surface area (Å²) in [6.07, 6.45) is 5.71. The topological polar surface area (TPSA) is 52.6 Å². The van der Waals surface area contributed by atoms with Crippen LogP contribution in [0.2, 0.25) is 0 Å². The van der Waals surface area contributed by atoms with E-state index in [1.807, 2.05) is 20.8 Å². The molecule has 0 aliphatic rings. The molecule has 0 N–H and O–H groups in total. The Morgan fingerprint density at radius 1 is 0.864 bits per heavy atom. The molecular formula is C18H34O4. The molecule has 0 aromatic rings. The van der Waals surface area contributed by atoms with Crippen molar-refractivity contribution in [2.45, 2.75) is 85.7 Å². The summed E-state index contributed by atoms with van der Waals surface area (Å²) in [7, 11) is 0. The maximum atomic E-state index is 11.6. The van der Waals surface area contributed by atoms with Crippen LogP contribution in [0.15, 0.2) is 0 Å². The van der Waals surface area contributed by atoms with Crippen LogP contribution < -0.4 is 0 Å². The van der Waals surface area contributed by atoms with Gasteiger partial charge in [0.2, 0.25) is 0 Å². The monoisotopic (exact) mass is 314 g/mol. The van der Waals surface area contributed by atoms with Gasteiger partial charge in [-0.15, -0.1) is 0 Å². The lowest BCUT2D eigenvalue weighted by atomic mass is 9.95. The van der Waals surface area contributed by atoms with Crippen molar-refractivity contribution in [3.63, 3.8) is 0 Å². The molecule has 22 heavy (non-hydrogen) atoms. The third-order valence-corrected chi connectivity index (χ3v) is 3.97. The fourth-order valence-corrected chi connectivity index (χ4v) is 2.27. The zero-order valence-corrected chi connectivity index (χ0v) is 15.0. The molecule has 0 aliphatic carbocycles. The minimum atomic E-state index is -0.326. The fraction of sp³-hybridized carbons (Fsp3) is 0.889. The molecule has 0 fully saturated rings. The van der Waals surface area contributed by atoms with Crippen LogP contribution in [0.5, 0.6) is 0 Å². The summed E-state index contributed by atoms with van der Waals surface area (Å²) in [6, 6.07) is 0. The van der Waals surface area contributed by atoms with Gasteiger partial charge in [0.25, 0.3) is 0 Å². The summed E-state index contributed by atoms with van der Waals surface area (Å²) < 4.78 is 10.4. The zero-order valence-electron chi connectivity index (χ0n) is 15.0. The lowest BCUT2D eigenvalue weighted by Crippen LogP contribution is -2.21. The van der Waals surface area contributed by atoms with Crippen molar-refractivity contribution in [1.29, 1.82) is 0 Å². The van der Waals surface area contributed by atoms with Crippen molar-refractivity contribution in [1.82, 2.24) is 0 Å². The summed E-state index contributed by atoms with van der Waals surface area (Å²) in [4.78, 5) is 23.2. The Balaban J connectivity index is 3.83. The molecule has 4 nitrogen and oxygen atoms in total. The van der Waals surface area contributed by atoms with Crippen molar-refractivity contribution in [2.24, 2.45) is 11.8 Å². The van der Waals surface area contributed by atoms with E-state index in [0.717, 1.165) is 6.42 Å². The Bertz CT molecular complexity index is 306. The van der Waals surface area contributed by atoms with Gasteiger partial charge in [-0.2, -0.15) is 0 Å². The summed E-state index contributed by atoms with van der Waals surface area (Å²) in [5.74, 6) is 0.290. The van der Waals surface area contributed by atoms with Crippen molar-refractivity contribution < 1.29 is 19.1 Å². The molecule has 0 aromatic carbocycles. The number of rotatable bonds is 12.